The summed E-state index contributed by atoms with van der Waals surface area (Å²) in [6, 6.07) is 3.56. The number of hydrogen-bond donors (Lipinski definition) is 1. The number of nitrogens with one attached hydrogen (secondary N) is 1. The summed E-state index contributed by atoms with van der Waals surface area (Å²) in [5.74, 6) is 0.708. The van der Waals surface area contributed by atoms with Gasteiger partial charge in [-0.3, -0.25) is 4.79 Å². The number of carbonyl (C=O) groups is 1. The van der Waals surface area contributed by atoms with Crippen LogP contribution in [-0.4, -0.2) is 40.6 Å². The van der Waals surface area contributed by atoms with Crippen LogP contribution in [-0.2, 0) is 0 Å². The Kier molecular flexibility index (Phi) is 4.57. The quantitative estimate of drug-likeness (QED) is 0.921. The molecule has 20 heavy (non-hydrogen) atoms. The molecule has 0 saturated carbocycles. The summed E-state index contributed by atoms with van der Waals surface area (Å²) in [4.78, 5) is 14.3. The zero-order valence-corrected chi connectivity index (χ0v) is 12.6. The van der Waals surface area contributed by atoms with Gasteiger partial charge in [-0.1, -0.05) is 13.8 Å². The third-order valence-corrected chi connectivity index (χ3v) is 3.87. The van der Waals surface area contributed by atoms with Crippen molar-refractivity contribution in [2.24, 2.45) is 5.41 Å². The lowest BCUT2D eigenvalue weighted by molar-refractivity contribution is 0.0750. The molecule has 0 aromatic carbocycles. The Morgan fingerprint density at radius 3 is 2.75 bits per heavy atom. The van der Waals surface area contributed by atoms with Crippen LogP contribution in [0, 0.1) is 5.41 Å². The summed E-state index contributed by atoms with van der Waals surface area (Å²) in [5, 5.41) is 11.1. The van der Waals surface area contributed by atoms with E-state index < -0.39 is 0 Å². The molecule has 0 radical (unpaired) electrons. The first-order valence-electron chi connectivity index (χ1n) is 7.39. The minimum absolute atomic E-state index is 0.00162. The third-order valence-electron chi connectivity index (χ3n) is 3.87. The molecule has 0 bridgehead atoms. The molecule has 0 spiro atoms. The van der Waals surface area contributed by atoms with Crippen LogP contribution in [0.3, 0.4) is 0 Å². The minimum atomic E-state index is -0.00162. The Bertz CT molecular complexity index is 455. The first-order chi connectivity index (χ1) is 9.52. The van der Waals surface area contributed by atoms with E-state index in [0.29, 0.717) is 16.9 Å². The average Bonchev–Trinajstić information content (AvgIpc) is 2.60. The number of amides is 1. The Morgan fingerprint density at radius 2 is 2.10 bits per heavy atom. The van der Waals surface area contributed by atoms with Crippen LogP contribution < -0.4 is 5.32 Å². The fourth-order valence-electron chi connectivity index (χ4n) is 2.51. The van der Waals surface area contributed by atoms with Gasteiger partial charge in [0.25, 0.3) is 5.91 Å². The van der Waals surface area contributed by atoms with Crippen molar-refractivity contribution in [3.05, 3.63) is 17.8 Å². The number of aromatic nitrogens is 2. The standard InChI is InChI=1S/C15H24N4O/c1-4-16-13-7-6-12(17-18-13)14(20)19-10-5-8-15(2,3)9-11-19/h6-7H,4-5,8-11H2,1-3H3,(H,16,18). The highest BCUT2D eigenvalue weighted by Gasteiger charge is 2.26. The van der Waals surface area contributed by atoms with Crippen molar-refractivity contribution < 1.29 is 4.79 Å². The summed E-state index contributed by atoms with van der Waals surface area (Å²) in [6.07, 6.45) is 3.27. The topological polar surface area (TPSA) is 58.1 Å². The maximum atomic E-state index is 12.4. The molecular weight excluding hydrogens is 252 g/mol. The molecule has 1 aliphatic heterocycles. The molecule has 1 amide bonds. The van der Waals surface area contributed by atoms with Gasteiger partial charge in [0.05, 0.1) is 0 Å². The highest BCUT2D eigenvalue weighted by molar-refractivity contribution is 5.92. The second-order valence-corrected chi connectivity index (χ2v) is 6.14. The first kappa shape index (κ1) is 14.8. The Balaban J connectivity index is 2.03. The molecule has 1 saturated heterocycles. The molecule has 0 atom stereocenters. The van der Waals surface area contributed by atoms with E-state index in [1.807, 2.05) is 17.9 Å². The molecule has 5 nitrogen and oxygen atoms in total. The van der Waals surface area contributed by atoms with Crippen molar-refractivity contribution in [2.75, 3.05) is 25.0 Å². The van der Waals surface area contributed by atoms with Gasteiger partial charge in [0.1, 0.15) is 5.82 Å². The lowest BCUT2D eigenvalue weighted by Crippen LogP contribution is -2.33. The van der Waals surface area contributed by atoms with Gasteiger partial charge in [0.15, 0.2) is 5.69 Å². The molecule has 2 heterocycles. The fourth-order valence-corrected chi connectivity index (χ4v) is 2.51. The third kappa shape index (κ3) is 3.68. The second kappa shape index (κ2) is 6.20. The van der Waals surface area contributed by atoms with Gasteiger partial charge in [-0.05, 0) is 43.7 Å². The number of rotatable bonds is 3. The second-order valence-electron chi connectivity index (χ2n) is 6.14. The zero-order chi connectivity index (χ0) is 14.6. The maximum Gasteiger partial charge on any atom is 0.274 e. The van der Waals surface area contributed by atoms with Crippen LogP contribution in [0.25, 0.3) is 0 Å². The van der Waals surface area contributed by atoms with Gasteiger partial charge in [-0.25, -0.2) is 0 Å². The summed E-state index contributed by atoms with van der Waals surface area (Å²) >= 11 is 0. The smallest absolute Gasteiger partial charge is 0.274 e. The van der Waals surface area contributed by atoms with E-state index in [4.69, 9.17) is 0 Å². The largest absolute Gasteiger partial charge is 0.369 e. The van der Waals surface area contributed by atoms with Crippen LogP contribution >= 0.6 is 0 Å². The maximum absolute atomic E-state index is 12.4. The molecule has 1 aromatic rings. The lowest BCUT2D eigenvalue weighted by atomic mass is 9.85. The highest BCUT2D eigenvalue weighted by atomic mass is 16.2. The molecule has 2 rings (SSSR count). The van der Waals surface area contributed by atoms with Crippen LogP contribution in [0.5, 0.6) is 0 Å². The van der Waals surface area contributed by atoms with Crippen molar-refractivity contribution in [3.63, 3.8) is 0 Å². The van der Waals surface area contributed by atoms with Crippen molar-refractivity contribution in [1.82, 2.24) is 15.1 Å². The van der Waals surface area contributed by atoms with Gasteiger partial charge in [-0.2, -0.15) is 0 Å². The average molecular weight is 276 g/mol. The van der Waals surface area contributed by atoms with Crippen molar-refractivity contribution in [3.8, 4) is 0 Å². The highest BCUT2D eigenvalue weighted by Crippen LogP contribution is 2.30. The van der Waals surface area contributed by atoms with Gasteiger partial charge in [-0.15, -0.1) is 10.2 Å². The molecule has 0 aliphatic carbocycles. The zero-order valence-electron chi connectivity index (χ0n) is 12.6. The summed E-state index contributed by atoms with van der Waals surface area (Å²) in [7, 11) is 0. The molecule has 1 aromatic heterocycles. The minimum Gasteiger partial charge on any atom is -0.369 e. The predicted molar refractivity (Wildman–Crippen MR) is 79.7 cm³/mol. The van der Waals surface area contributed by atoms with E-state index in [1.165, 1.54) is 6.42 Å². The summed E-state index contributed by atoms with van der Waals surface area (Å²) in [5.41, 5.74) is 0.765. The molecule has 110 valence electrons. The Morgan fingerprint density at radius 1 is 1.30 bits per heavy atom. The van der Waals surface area contributed by atoms with Crippen molar-refractivity contribution in [2.45, 2.75) is 40.0 Å². The molecule has 5 heteroatoms. The molecule has 1 fully saturated rings. The van der Waals surface area contributed by atoms with Crippen LogP contribution in [0.2, 0.25) is 0 Å². The van der Waals surface area contributed by atoms with Gasteiger partial charge >= 0.3 is 0 Å². The molecular formula is C15H24N4O. The van der Waals surface area contributed by atoms with Crippen LogP contribution in [0.4, 0.5) is 5.82 Å². The van der Waals surface area contributed by atoms with Crippen molar-refractivity contribution in [1.29, 1.82) is 0 Å². The molecule has 1 N–H and O–H groups in total. The number of carbonyl (C=O) groups excluding carboxylic acids is 1. The van der Waals surface area contributed by atoms with Crippen molar-refractivity contribution >= 4 is 11.7 Å². The Hall–Kier alpha value is -1.65. The number of likely N-dealkylation sites (tertiary alicyclic amines) is 1. The number of anilines is 1. The number of hydrogen-bond acceptors (Lipinski definition) is 4. The molecule has 1 aliphatic rings. The van der Waals surface area contributed by atoms with E-state index in [2.05, 4.69) is 29.4 Å². The van der Waals surface area contributed by atoms with E-state index in [0.717, 1.165) is 32.5 Å². The summed E-state index contributed by atoms with van der Waals surface area (Å²) < 4.78 is 0. The van der Waals surface area contributed by atoms with Gasteiger partial charge < -0.3 is 10.2 Å². The van der Waals surface area contributed by atoms with Crippen LogP contribution in [0.15, 0.2) is 12.1 Å². The molecule has 0 unspecified atom stereocenters. The summed E-state index contributed by atoms with van der Waals surface area (Å²) in [6.45, 7) is 8.96. The van der Waals surface area contributed by atoms with Gasteiger partial charge in [0.2, 0.25) is 0 Å². The van der Waals surface area contributed by atoms with E-state index in [9.17, 15) is 4.79 Å². The normalized spacial score (nSPS) is 18.4. The van der Waals surface area contributed by atoms with E-state index in [1.54, 1.807) is 6.07 Å². The first-order valence-corrected chi connectivity index (χ1v) is 7.39. The van der Waals surface area contributed by atoms with Crippen LogP contribution in [0.1, 0.15) is 50.5 Å². The van der Waals surface area contributed by atoms with Gasteiger partial charge in [0, 0.05) is 19.6 Å². The SMILES string of the molecule is CCNc1ccc(C(=O)N2CCCC(C)(C)CC2)nn1. The van der Waals surface area contributed by atoms with E-state index >= 15 is 0 Å². The number of nitrogens with zero attached hydrogens (tertiary/aromatic N) is 3. The monoisotopic (exact) mass is 276 g/mol. The lowest BCUT2D eigenvalue weighted by Gasteiger charge is -2.23. The van der Waals surface area contributed by atoms with E-state index in [-0.39, 0.29) is 5.91 Å². The Labute approximate surface area is 120 Å². The predicted octanol–water partition coefficient (Wildman–Crippen LogP) is 2.56. The fraction of sp³-hybridized carbons (Fsp3) is 0.667.